The molecule has 2 aliphatic rings. The van der Waals surface area contributed by atoms with E-state index in [1.807, 2.05) is 12.1 Å². The lowest BCUT2D eigenvalue weighted by atomic mass is 9.88. The lowest BCUT2D eigenvalue weighted by Crippen LogP contribution is -2.50. The summed E-state index contributed by atoms with van der Waals surface area (Å²) in [6.45, 7) is 3.28. The molecule has 0 bridgehead atoms. The Kier molecular flexibility index (Phi) is 4.42. The summed E-state index contributed by atoms with van der Waals surface area (Å²) < 4.78 is 13.8. The van der Waals surface area contributed by atoms with Crippen LogP contribution in [0.25, 0.3) is 0 Å². The third kappa shape index (κ3) is 3.20. The normalized spacial score (nSPS) is 20.6. The predicted molar refractivity (Wildman–Crippen MR) is 84.5 cm³/mol. The molecule has 3 nitrogen and oxygen atoms in total. The zero-order valence-electron chi connectivity index (χ0n) is 12.5. The first-order chi connectivity index (χ1) is 10.3. The van der Waals surface area contributed by atoms with Gasteiger partial charge >= 0.3 is 0 Å². The van der Waals surface area contributed by atoms with Gasteiger partial charge in [-0.1, -0.05) is 31.4 Å². The maximum Gasteiger partial charge on any atom is 0.146 e. The highest BCUT2D eigenvalue weighted by Crippen LogP contribution is 2.27. The minimum absolute atomic E-state index is 0.145. The van der Waals surface area contributed by atoms with Crippen LogP contribution in [0.1, 0.15) is 32.1 Å². The molecule has 1 aromatic rings. The fourth-order valence-corrected chi connectivity index (χ4v) is 3.53. The molecule has 0 spiro atoms. The van der Waals surface area contributed by atoms with Gasteiger partial charge in [0, 0.05) is 32.1 Å². The summed E-state index contributed by atoms with van der Waals surface area (Å²) >= 11 is 0. The third-order valence-corrected chi connectivity index (χ3v) is 4.81. The number of hydrogen-bond donors (Lipinski definition) is 1. The number of benzene rings is 1. The summed E-state index contributed by atoms with van der Waals surface area (Å²) in [5.74, 6) is 1.13. The van der Waals surface area contributed by atoms with Crippen LogP contribution in [-0.4, -0.2) is 36.9 Å². The van der Waals surface area contributed by atoms with E-state index in [4.69, 9.17) is 5.41 Å². The Labute approximate surface area is 126 Å². The first-order valence-electron chi connectivity index (χ1n) is 8.08. The fourth-order valence-electron chi connectivity index (χ4n) is 3.53. The highest BCUT2D eigenvalue weighted by atomic mass is 19.1. The number of halogens is 1. The Balaban J connectivity index is 1.57. The zero-order valence-corrected chi connectivity index (χ0v) is 12.5. The fraction of sp³-hybridized carbons (Fsp3) is 0.588. The largest absolute Gasteiger partial charge is 0.366 e. The summed E-state index contributed by atoms with van der Waals surface area (Å²) in [6.07, 6.45) is 6.20. The Morgan fingerprint density at radius 2 is 1.67 bits per heavy atom. The molecule has 1 N–H and O–H groups in total. The molecule has 1 aromatic carbocycles. The molecule has 3 rings (SSSR count). The van der Waals surface area contributed by atoms with Crippen molar-refractivity contribution in [2.75, 3.05) is 31.1 Å². The van der Waals surface area contributed by atoms with Gasteiger partial charge in [-0.25, -0.2) is 4.39 Å². The van der Waals surface area contributed by atoms with Gasteiger partial charge in [0.05, 0.1) is 11.5 Å². The molecule has 0 unspecified atom stereocenters. The van der Waals surface area contributed by atoms with Gasteiger partial charge < -0.3 is 9.80 Å². The van der Waals surface area contributed by atoms with Crippen LogP contribution in [0.3, 0.4) is 0 Å². The Morgan fingerprint density at radius 1 is 1.00 bits per heavy atom. The number of nitrogens with one attached hydrogen (secondary N) is 1. The molecule has 1 saturated carbocycles. The highest BCUT2D eigenvalue weighted by Gasteiger charge is 2.26. The van der Waals surface area contributed by atoms with E-state index in [0.29, 0.717) is 11.6 Å². The van der Waals surface area contributed by atoms with Crippen molar-refractivity contribution in [2.24, 2.45) is 5.92 Å². The quantitative estimate of drug-likeness (QED) is 0.667. The van der Waals surface area contributed by atoms with Crippen molar-refractivity contribution in [3.8, 4) is 0 Å². The van der Waals surface area contributed by atoms with Gasteiger partial charge in [-0.05, 0) is 25.0 Å². The van der Waals surface area contributed by atoms with Crippen molar-refractivity contribution in [1.82, 2.24) is 4.90 Å². The van der Waals surface area contributed by atoms with Crippen molar-refractivity contribution in [2.45, 2.75) is 32.1 Å². The smallest absolute Gasteiger partial charge is 0.146 e. The van der Waals surface area contributed by atoms with Crippen LogP contribution in [0.15, 0.2) is 24.3 Å². The number of para-hydroxylation sites is 1. The second kappa shape index (κ2) is 6.46. The number of rotatable bonds is 2. The van der Waals surface area contributed by atoms with Crippen LogP contribution < -0.4 is 4.90 Å². The maximum absolute atomic E-state index is 13.8. The minimum atomic E-state index is -0.145. The molecule has 1 aliphatic carbocycles. The third-order valence-electron chi connectivity index (χ3n) is 4.81. The molecule has 2 fully saturated rings. The number of nitrogens with zero attached hydrogens (tertiary/aromatic N) is 2. The standard InChI is InChI=1S/C17H24FN3/c18-15-8-4-5-9-16(15)20-10-12-21(13-11-20)17(19)14-6-2-1-3-7-14/h4-5,8-9,14,19H,1-3,6-7,10-13H2. The van der Waals surface area contributed by atoms with E-state index >= 15 is 0 Å². The van der Waals surface area contributed by atoms with Gasteiger partial charge in [0.2, 0.25) is 0 Å². The van der Waals surface area contributed by atoms with Gasteiger partial charge in [0.1, 0.15) is 5.82 Å². The van der Waals surface area contributed by atoms with Gasteiger partial charge in [-0.2, -0.15) is 0 Å². The summed E-state index contributed by atoms with van der Waals surface area (Å²) in [5, 5.41) is 8.42. The SMILES string of the molecule is N=C(C1CCCCC1)N1CCN(c2ccccc2F)CC1. The topological polar surface area (TPSA) is 30.3 Å². The summed E-state index contributed by atoms with van der Waals surface area (Å²) in [5.41, 5.74) is 0.696. The average molecular weight is 289 g/mol. The van der Waals surface area contributed by atoms with Gasteiger partial charge in [0.15, 0.2) is 0 Å². The van der Waals surface area contributed by atoms with Crippen molar-refractivity contribution >= 4 is 11.5 Å². The minimum Gasteiger partial charge on any atom is -0.366 e. The average Bonchev–Trinajstić information content (AvgIpc) is 2.56. The van der Waals surface area contributed by atoms with Gasteiger partial charge in [-0.15, -0.1) is 0 Å². The summed E-state index contributed by atoms with van der Waals surface area (Å²) in [7, 11) is 0. The Bertz CT molecular complexity index is 489. The van der Waals surface area contributed by atoms with E-state index in [-0.39, 0.29) is 5.82 Å². The molecule has 0 aromatic heterocycles. The number of piperazine rings is 1. The number of hydrogen-bond acceptors (Lipinski definition) is 2. The van der Waals surface area contributed by atoms with Crippen molar-refractivity contribution in [1.29, 1.82) is 5.41 Å². The Hall–Kier alpha value is -1.58. The molecule has 4 heteroatoms. The van der Waals surface area contributed by atoms with Crippen LogP contribution in [0.5, 0.6) is 0 Å². The lowest BCUT2D eigenvalue weighted by Gasteiger charge is -2.39. The van der Waals surface area contributed by atoms with E-state index in [0.717, 1.165) is 32.0 Å². The molecule has 1 saturated heterocycles. The molecule has 1 heterocycles. The van der Waals surface area contributed by atoms with E-state index in [2.05, 4.69) is 9.80 Å². The molecule has 1 aliphatic heterocycles. The van der Waals surface area contributed by atoms with Crippen LogP contribution in [0.4, 0.5) is 10.1 Å². The lowest BCUT2D eigenvalue weighted by molar-refractivity contribution is 0.334. The second-order valence-electron chi connectivity index (χ2n) is 6.15. The van der Waals surface area contributed by atoms with Crippen LogP contribution in [-0.2, 0) is 0 Å². The zero-order chi connectivity index (χ0) is 14.7. The molecule has 21 heavy (non-hydrogen) atoms. The van der Waals surface area contributed by atoms with Crippen LogP contribution in [0, 0.1) is 17.1 Å². The Morgan fingerprint density at radius 3 is 2.33 bits per heavy atom. The number of anilines is 1. The predicted octanol–water partition coefficient (Wildman–Crippen LogP) is 3.51. The maximum atomic E-state index is 13.8. The van der Waals surface area contributed by atoms with E-state index in [1.54, 1.807) is 6.07 Å². The first-order valence-corrected chi connectivity index (χ1v) is 8.08. The second-order valence-corrected chi connectivity index (χ2v) is 6.15. The molecular formula is C17H24FN3. The van der Waals surface area contributed by atoms with Gasteiger partial charge in [-0.3, -0.25) is 5.41 Å². The highest BCUT2D eigenvalue weighted by molar-refractivity contribution is 5.82. The summed E-state index contributed by atoms with van der Waals surface area (Å²) in [6, 6.07) is 6.98. The van der Waals surface area contributed by atoms with E-state index < -0.39 is 0 Å². The molecule has 0 amide bonds. The first kappa shape index (κ1) is 14.4. The van der Waals surface area contributed by atoms with Crippen LogP contribution >= 0.6 is 0 Å². The molecular weight excluding hydrogens is 265 g/mol. The monoisotopic (exact) mass is 289 g/mol. The van der Waals surface area contributed by atoms with Gasteiger partial charge in [0.25, 0.3) is 0 Å². The molecule has 0 atom stereocenters. The van der Waals surface area contributed by atoms with Crippen molar-refractivity contribution < 1.29 is 4.39 Å². The summed E-state index contributed by atoms with van der Waals surface area (Å²) in [4.78, 5) is 4.30. The van der Waals surface area contributed by atoms with Crippen molar-refractivity contribution in [3.63, 3.8) is 0 Å². The molecule has 114 valence electrons. The van der Waals surface area contributed by atoms with E-state index in [1.165, 1.54) is 38.2 Å². The van der Waals surface area contributed by atoms with E-state index in [9.17, 15) is 4.39 Å². The van der Waals surface area contributed by atoms with Crippen LogP contribution in [0.2, 0.25) is 0 Å². The van der Waals surface area contributed by atoms with Crippen molar-refractivity contribution in [3.05, 3.63) is 30.1 Å². The molecule has 0 radical (unpaired) electrons. The number of amidine groups is 1.